The van der Waals surface area contributed by atoms with Crippen molar-refractivity contribution in [3.63, 3.8) is 0 Å². The molecule has 3 heterocycles. The van der Waals surface area contributed by atoms with Gasteiger partial charge in [0, 0.05) is 23.5 Å². The minimum Gasteiger partial charge on any atom is -0.497 e. The molecule has 6 nitrogen and oxygen atoms in total. The highest BCUT2D eigenvalue weighted by molar-refractivity contribution is 5.78. The van der Waals surface area contributed by atoms with E-state index in [0.29, 0.717) is 6.54 Å². The molecule has 4 rings (SSSR count). The zero-order valence-corrected chi connectivity index (χ0v) is 14.7. The normalized spacial score (nSPS) is 10.8. The maximum Gasteiger partial charge on any atom is 0.165 e. The molecule has 0 atom stereocenters. The molecule has 26 heavy (non-hydrogen) atoms. The van der Waals surface area contributed by atoms with Gasteiger partial charge in [-0.2, -0.15) is 9.61 Å². The molecule has 0 amide bonds. The lowest BCUT2D eigenvalue weighted by molar-refractivity contribution is 0.415. The van der Waals surface area contributed by atoms with Crippen molar-refractivity contribution in [2.24, 2.45) is 0 Å². The molecule has 1 aromatic carbocycles. The van der Waals surface area contributed by atoms with Gasteiger partial charge in [-0.3, -0.25) is 4.98 Å². The van der Waals surface area contributed by atoms with Gasteiger partial charge in [0.25, 0.3) is 0 Å². The SMILES string of the molecule is COc1ccc(-c2cnn3c(NCc4ccccn4)cc(C)nc23)cc1. The third-order valence-corrected chi connectivity index (χ3v) is 4.18. The van der Waals surface area contributed by atoms with Crippen LogP contribution in [0.25, 0.3) is 16.8 Å². The number of fused-ring (bicyclic) bond motifs is 1. The van der Waals surface area contributed by atoms with Gasteiger partial charge in [0.1, 0.15) is 11.6 Å². The fraction of sp³-hybridized carbons (Fsp3) is 0.150. The minimum absolute atomic E-state index is 0.622. The first-order chi connectivity index (χ1) is 12.7. The number of pyridine rings is 1. The van der Waals surface area contributed by atoms with Crippen LogP contribution in [-0.4, -0.2) is 26.7 Å². The molecule has 0 spiro atoms. The molecule has 0 fully saturated rings. The molecule has 0 aliphatic rings. The lowest BCUT2D eigenvalue weighted by atomic mass is 10.1. The molecule has 3 aromatic heterocycles. The van der Waals surface area contributed by atoms with Gasteiger partial charge in [0.05, 0.1) is 25.5 Å². The van der Waals surface area contributed by atoms with Crippen molar-refractivity contribution in [1.29, 1.82) is 0 Å². The van der Waals surface area contributed by atoms with E-state index in [-0.39, 0.29) is 0 Å². The van der Waals surface area contributed by atoms with E-state index in [1.165, 1.54) is 0 Å². The molecule has 0 unspecified atom stereocenters. The lowest BCUT2D eigenvalue weighted by Gasteiger charge is -2.09. The van der Waals surface area contributed by atoms with Crippen molar-refractivity contribution in [2.75, 3.05) is 12.4 Å². The quantitative estimate of drug-likeness (QED) is 0.597. The molecule has 0 bridgehead atoms. The number of aromatic nitrogens is 4. The third-order valence-electron chi connectivity index (χ3n) is 4.18. The highest BCUT2D eigenvalue weighted by Gasteiger charge is 2.12. The number of hydrogen-bond acceptors (Lipinski definition) is 5. The van der Waals surface area contributed by atoms with Gasteiger partial charge in [-0.1, -0.05) is 18.2 Å². The maximum absolute atomic E-state index is 5.23. The number of aryl methyl sites for hydroxylation is 1. The summed E-state index contributed by atoms with van der Waals surface area (Å²) >= 11 is 0. The Hall–Kier alpha value is -3.41. The summed E-state index contributed by atoms with van der Waals surface area (Å²) < 4.78 is 7.06. The number of rotatable bonds is 5. The van der Waals surface area contributed by atoms with E-state index >= 15 is 0 Å². The Balaban J connectivity index is 1.70. The van der Waals surface area contributed by atoms with Gasteiger partial charge in [-0.15, -0.1) is 0 Å². The highest BCUT2D eigenvalue weighted by Crippen LogP contribution is 2.27. The molecule has 130 valence electrons. The smallest absolute Gasteiger partial charge is 0.165 e. The highest BCUT2D eigenvalue weighted by atomic mass is 16.5. The van der Waals surface area contributed by atoms with Crippen molar-refractivity contribution >= 4 is 11.5 Å². The van der Waals surface area contributed by atoms with E-state index in [1.54, 1.807) is 13.3 Å². The first-order valence-electron chi connectivity index (χ1n) is 8.38. The second-order valence-corrected chi connectivity index (χ2v) is 5.98. The van der Waals surface area contributed by atoms with Crippen molar-refractivity contribution in [1.82, 2.24) is 19.6 Å². The third kappa shape index (κ3) is 3.09. The van der Waals surface area contributed by atoms with Crippen LogP contribution >= 0.6 is 0 Å². The number of nitrogens with one attached hydrogen (secondary N) is 1. The largest absolute Gasteiger partial charge is 0.497 e. The maximum atomic E-state index is 5.23. The summed E-state index contributed by atoms with van der Waals surface area (Å²) in [5.41, 5.74) is 4.75. The Morgan fingerprint density at radius 2 is 1.96 bits per heavy atom. The Morgan fingerprint density at radius 1 is 1.12 bits per heavy atom. The second kappa shape index (κ2) is 6.84. The summed E-state index contributed by atoms with van der Waals surface area (Å²) in [7, 11) is 1.66. The monoisotopic (exact) mass is 345 g/mol. The summed E-state index contributed by atoms with van der Waals surface area (Å²) in [5.74, 6) is 1.71. The van der Waals surface area contributed by atoms with E-state index in [4.69, 9.17) is 4.74 Å². The number of anilines is 1. The summed E-state index contributed by atoms with van der Waals surface area (Å²) in [6, 6.07) is 15.8. The molecule has 0 saturated carbocycles. The van der Waals surface area contributed by atoms with Crippen LogP contribution in [0.3, 0.4) is 0 Å². The number of hydrogen-bond donors (Lipinski definition) is 1. The molecular weight excluding hydrogens is 326 g/mol. The second-order valence-electron chi connectivity index (χ2n) is 5.98. The summed E-state index contributed by atoms with van der Waals surface area (Å²) in [4.78, 5) is 9.03. The first kappa shape index (κ1) is 16.1. The van der Waals surface area contributed by atoms with Crippen LogP contribution in [0.2, 0.25) is 0 Å². The van der Waals surface area contributed by atoms with Crippen LogP contribution in [0.4, 0.5) is 5.82 Å². The van der Waals surface area contributed by atoms with Gasteiger partial charge in [0.15, 0.2) is 5.65 Å². The summed E-state index contributed by atoms with van der Waals surface area (Å²) in [5, 5.41) is 7.94. The number of benzene rings is 1. The predicted octanol–water partition coefficient (Wildman–Crippen LogP) is 3.72. The van der Waals surface area contributed by atoms with Gasteiger partial charge in [-0.25, -0.2) is 4.98 Å². The van der Waals surface area contributed by atoms with E-state index < -0.39 is 0 Å². The zero-order chi connectivity index (χ0) is 17.9. The van der Waals surface area contributed by atoms with Crippen LogP contribution in [0, 0.1) is 6.92 Å². The zero-order valence-electron chi connectivity index (χ0n) is 14.7. The molecular formula is C20H19N5O. The van der Waals surface area contributed by atoms with Crippen LogP contribution in [0.1, 0.15) is 11.4 Å². The first-order valence-corrected chi connectivity index (χ1v) is 8.38. The van der Waals surface area contributed by atoms with E-state index in [1.807, 2.05) is 66.2 Å². The van der Waals surface area contributed by atoms with Crippen molar-refractivity contribution in [2.45, 2.75) is 13.5 Å². The fourth-order valence-electron chi connectivity index (χ4n) is 2.87. The van der Waals surface area contributed by atoms with Crippen LogP contribution in [0.15, 0.2) is 60.9 Å². The minimum atomic E-state index is 0.622. The van der Waals surface area contributed by atoms with Crippen molar-refractivity contribution < 1.29 is 4.74 Å². The van der Waals surface area contributed by atoms with E-state index in [9.17, 15) is 0 Å². The molecule has 0 aliphatic heterocycles. The summed E-state index contributed by atoms with van der Waals surface area (Å²) in [6.07, 6.45) is 3.63. The topological polar surface area (TPSA) is 64.3 Å². The molecule has 0 radical (unpaired) electrons. The number of nitrogens with zero attached hydrogens (tertiary/aromatic N) is 4. The molecule has 4 aromatic rings. The Labute approximate surface area is 151 Å². The van der Waals surface area contributed by atoms with Gasteiger partial charge in [0.2, 0.25) is 0 Å². The van der Waals surface area contributed by atoms with Gasteiger partial charge >= 0.3 is 0 Å². The summed E-state index contributed by atoms with van der Waals surface area (Å²) in [6.45, 7) is 2.61. The number of ether oxygens (including phenoxy) is 1. The lowest BCUT2D eigenvalue weighted by Crippen LogP contribution is -2.07. The van der Waals surface area contributed by atoms with E-state index in [0.717, 1.165) is 39.7 Å². The predicted molar refractivity (Wildman–Crippen MR) is 101 cm³/mol. The molecule has 0 saturated heterocycles. The molecule has 0 aliphatic carbocycles. The molecule has 6 heteroatoms. The Kier molecular flexibility index (Phi) is 4.23. The number of methoxy groups -OCH3 is 1. The van der Waals surface area contributed by atoms with Crippen LogP contribution < -0.4 is 10.1 Å². The van der Waals surface area contributed by atoms with Crippen LogP contribution in [-0.2, 0) is 6.54 Å². The average Bonchev–Trinajstić information content (AvgIpc) is 3.11. The fourth-order valence-corrected chi connectivity index (χ4v) is 2.87. The average molecular weight is 345 g/mol. The van der Waals surface area contributed by atoms with Crippen molar-refractivity contribution in [3.05, 3.63) is 72.3 Å². The Bertz CT molecular complexity index is 1030. The standard InChI is InChI=1S/C20H19N5O/c1-14-11-19(22-12-16-5-3-4-10-21-16)25-20(24-14)18(13-23-25)15-6-8-17(26-2)9-7-15/h3-11,13,22H,12H2,1-2H3. The molecule has 1 N–H and O–H groups in total. The van der Waals surface area contributed by atoms with Gasteiger partial charge < -0.3 is 10.1 Å². The van der Waals surface area contributed by atoms with Gasteiger partial charge in [-0.05, 0) is 36.8 Å². The van der Waals surface area contributed by atoms with Crippen LogP contribution in [0.5, 0.6) is 5.75 Å². The van der Waals surface area contributed by atoms with Crippen molar-refractivity contribution in [3.8, 4) is 16.9 Å². The van der Waals surface area contributed by atoms with E-state index in [2.05, 4.69) is 20.4 Å². The Morgan fingerprint density at radius 3 is 2.69 bits per heavy atom.